The quantitative estimate of drug-likeness (QED) is 0.271. The van der Waals surface area contributed by atoms with Crippen LogP contribution in [0.4, 0.5) is 0 Å². The van der Waals surface area contributed by atoms with Gasteiger partial charge in [-0.05, 0) is 45.0 Å². The average Bonchev–Trinajstić information content (AvgIpc) is 3.11. The van der Waals surface area contributed by atoms with Gasteiger partial charge in [-0.25, -0.2) is 13.4 Å². The van der Waals surface area contributed by atoms with Gasteiger partial charge in [0.05, 0.1) is 23.8 Å². The number of hydrogen-bond donors (Lipinski definition) is 2. The zero-order valence-corrected chi connectivity index (χ0v) is 21.9. The Bertz CT molecular complexity index is 1010. The van der Waals surface area contributed by atoms with Crippen molar-refractivity contribution in [2.24, 2.45) is 4.99 Å². The molecule has 2 aromatic carbocycles. The number of fused-ring (bicyclic) bond motifs is 1. The zero-order valence-electron chi connectivity index (χ0n) is 18.8. The number of nitrogens with one attached hydrogen (secondary N) is 2. The van der Waals surface area contributed by atoms with E-state index >= 15 is 0 Å². The van der Waals surface area contributed by atoms with Crippen molar-refractivity contribution in [1.82, 2.24) is 10.6 Å². The summed E-state index contributed by atoms with van der Waals surface area (Å²) in [5, 5.41) is 6.28. The Kier molecular flexibility index (Phi) is 10.1. The minimum Gasteiger partial charge on any atom is -0.494 e. The molecule has 1 heterocycles. The molecule has 2 aromatic rings. The van der Waals surface area contributed by atoms with E-state index in [0.717, 1.165) is 29.0 Å². The van der Waals surface area contributed by atoms with Gasteiger partial charge >= 0.3 is 0 Å². The molecule has 7 nitrogen and oxygen atoms in total. The fraction of sp³-hybridized carbons (Fsp3) is 0.435. The number of halogens is 1. The highest BCUT2D eigenvalue weighted by molar-refractivity contribution is 14.0. The molecule has 9 heteroatoms. The van der Waals surface area contributed by atoms with Crippen molar-refractivity contribution < 1.29 is 17.9 Å². The van der Waals surface area contributed by atoms with Crippen molar-refractivity contribution in [3.63, 3.8) is 0 Å². The van der Waals surface area contributed by atoms with Crippen LogP contribution in [0.15, 0.2) is 52.4 Å². The molecular formula is C23H32IN3O4S. The summed E-state index contributed by atoms with van der Waals surface area (Å²) < 4.78 is 36.6. The third-order valence-electron chi connectivity index (χ3n) is 4.90. The normalized spacial score (nSPS) is 15.3. The first-order valence-corrected chi connectivity index (χ1v) is 12.3. The first-order valence-electron chi connectivity index (χ1n) is 10.7. The smallest absolute Gasteiger partial charge is 0.191 e. The Labute approximate surface area is 207 Å². The molecular weight excluding hydrogens is 541 g/mol. The topological polar surface area (TPSA) is 89.0 Å². The summed E-state index contributed by atoms with van der Waals surface area (Å²) in [4.78, 5) is 4.95. The highest BCUT2D eigenvalue weighted by Crippen LogP contribution is 2.35. The monoisotopic (exact) mass is 573 g/mol. The third-order valence-corrected chi connectivity index (χ3v) is 6.63. The van der Waals surface area contributed by atoms with E-state index in [-0.39, 0.29) is 42.4 Å². The van der Waals surface area contributed by atoms with Crippen LogP contribution in [0, 0.1) is 0 Å². The van der Waals surface area contributed by atoms with Crippen LogP contribution in [-0.4, -0.2) is 45.9 Å². The zero-order chi connectivity index (χ0) is 22.3. The van der Waals surface area contributed by atoms with Gasteiger partial charge in [-0.2, -0.15) is 0 Å². The summed E-state index contributed by atoms with van der Waals surface area (Å²) in [6.07, 6.45) is 1.03. The van der Waals surface area contributed by atoms with E-state index in [0.29, 0.717) is 30.6 Å². The highest BCUT2D eigenvalue weighted by Gasteiger charge is 2.22. The van der Waals surface area contributed by atoms with Crippen molar-refractivity contribution in [1.29, 1.82) is 0 Å². The molecule has 0 spiro atoms. The minimum absolute atomic E-state index is 0. The van der Waals surface area contributed by atoms with Crippen LogP contribution in [0.1, 0.15) is 31.9 Å². The van der Waals surface area contributed by atoms with Crippen LogP contribution in [-0.2, 0) is 22.8 Å². The summed E-state index contributed by atoms with van der Waals surface area (Å²) >= 11 is 0. The number of benzene rings is 2. The molecule has 176 valence electrons. The summed E-state index contributed by atoms with van der Waals surface area (Å²) in [6.45, 7) is 7.86. The SMILES string of the molecule is CCNC(=NCc1cc2c(cc1OCC)CC(C)O2)NCCS(=O)(=O)c1ccccc1.I. The molecule has 1 aliphatic rings. The lowest BCUT2D eigenvalue weighted by Crippen LogP contribution is -2.39. The van der Waals surface area contributed by atoms with Crippen LogP contribution in [0.25, 0.3) is 0 Å². The van der Waals surface area contributed by atoms with Crippen LogP contribution in [0.2, 0.25) is 0 Å². The van der Waals surface area contributed by atoms with Crippen molar-refractivity contribution in [2.45, 2.75) is 44.7 Å². The second-order valence-corrected chi connectivity index (χ2v) is 9.50. The van der Waals surface area contributed by atoms with E-state index in [4.69, 9.17) is 9.47 Å². The summed E-state index contributed by atoms with van der Waals surface area (Å²) in [6, 6.07) is 12.5. The Hall–Kier alpha value is -2.01. The lowest BCUT2D eigenvalue weighted by Gasteiger charge is -2.14. The first kappa shape index (κ1) is 26.2. The van der Waals surface area contributed by atoms with Gasteiger partial charge < -0.3 is 20.1 Å². The number of hydrogen-bond acceptors (Lipinski definition) is 5. The molecule has 0 saturated carbocycles. The van der Waals surface area contributed by atoms with Crippen LogP contribution >= 0.6 is 24.0 Å². The largest absolute Gasteiger partial charge is 0.494 e. The molecule has 0 amide bonds. The maximum atomic E-state index is 12.5. The number of rotatable bonds is 9. The van der Waals surface area contributed by atoms with Gasteiger partial charge in [0.25, 0.3) is 0 Å². The Morgan fingerprint density at radius 1 is 1.19 bits per heavy atom. The molecule has 0 saturated heterocycles. The number of ether oxygens (including phenoxy) is 2. The highest BCUT2D eigenvalue weighted by atomic mass is 127. The standard InChI is InChI=1S/C23H31N3O4S.HI/c1-4-24-23(25-11-12-31(27,28)20-9-7-6-8-10-20)26-16-19-15-22-18(13-17(3)30-22)14-21(19)29-5-2;/h6-10,14-15,17H,4-5,11-13,16H2,1-3H3,(H2,24,25,26);1H. The van der Waals surface area contributed by atoms with Crippen molar-refractivity contribution in [3.05, 3.63) is 53.6 Å². The van der Waals surface area contributed by atoms with Gasteiger partial charge in [0, 0.05) is 30.6 Å². The van der Waals surface area contributed by atoms with E-state index in [2.05, 4.69) is 22.5 Å². The van der Waals surface area contributed by atoms with E-state index in [1.807, 2.05) is 26.0 Å². The molecule has 2 N–H and O–H groups in total. The van der Waals surface area contributed by atoms with E-state index < -0.39 is 9.84 Å². The predicted molar refractivity (Wildman–Crippen MR) is 138 cm³/mol. The summed E-state index contributed by atoms with van der Waals surface area (Å²) in [7, 11) is -3.35. The number of guanidine groups is 1. The van der Waals surface area contributed by atoms with E-state index in [9.17, 15) is 8.42 Å². The molecule has 0 aliphatic carbocycles. The molecule has 1 aliphatic heterocycles. The van der Waals surface area contributed by atoms with Crippen LogP contribution in [0.3, 0.4) is 0 Å². The van der Waals surface area contributed by atoms with Gasteiger partial charge in [-0.3, -0.25) is 0 Å². The maximum absolute atomic E-state index is 12.5. The van der Waals surface area contributed by atoms with E-state index in [1.165, 1.54) is 0 Å². The predicted octanol–water partition coefficient (Wildman–Crippen LogP) is 3.56. The lowest BCUT2D eigenvalue weighted by molar-refractivity contribution is 0.254. The maximum Gasteiger partial charge on any atom is 0.191 e. The number of sulfone groups is 1. The third kappa shape index (κ3) is 6.99. The molecule has 3 rings (SSSR count). The summed E-state index contributed by atoms with van der Waals surface area (Å²) in [5.41, 5.74) is 2.09. The first-order chi connectivity index (χ1) is 14.9. The molecule has 0 fully saturated rings. The van der Waals surface area contributed by atoms with E-state index in [1.54, 1.807) is 30.3 Å². The van der Waals surface area contributed by atoms with Gasteiger partial charge in [0.2, 0.25) is 0 Å². The fourth-order valence-corrected chi connectivity index (χ4v) is 4.63. The molecule has 32 heavy (non-hydrogen) atoms. The average molecular weight is 573 g/mol. The van der Waals surface area contributed by atoms with Gasteiger partial charge in [0.15, 0.2) is 15.8 Å². The Morgan fingerprint density at radius 3 is 2.62 bits per heavy atom. The fourth-order valence-electron chi connectivity index (χ4n) is 3.45. The van der Waals surface area contributed by atoms with Gasteiger partial charge in [0.1, 0.15) is 17.6 Å². The lowest BCUT2D eigenvalue weighted by atomic mass is 10.1. The van der Waals surface area contributed by atoms with Crippen molar-refractivity contribution >= 4 is 39.8 Å². The minimum atomic E-state index is -3.35. The Balaban J connectivity index is 0.00000363. The number of nitrogens with zero attached hydrogens (tertiary/aromatic N) is 1. The van der Waals surface area contributed by atoms with Crippen molar-refractivity contribution in [3.8, 4) is 11.5 Å². The number of aliphatic imine (C=N–C) groups is 1. The molecule has 1 unspecified atom stereocenters. The van der Waals surface area contributed by atoms with Crippen LogP contribution in [0.5, 0.6) is 11.5 Å². The summed E-state index contributed by atoms with van der Waals surface area (Å²) in [5.74, 6) is 2.23. The molecule has 0 radical (unpaired) electrons. The van der Waals surface area contributed by atoms with Gasteiger partial charge in [-0.1, -0.05) is 18.2 Å². The second kappa shape index (κ2) is 12.3. The second-order valence-electron chi connectivity index (χ2n) is 7.39. The van der Waals surface area contributed by atoms with Crippen molar-refractivity contribution in [2.75, 3.05) is 25.4 Å². The van der Waals surface area contributed by atoms with Gasteiger partial charge in [-0.15, -0.1) is 24.0 Å². The molecule has 1 atom stereocenters. The molecule has 0 aromatic heterocycles. The molecule has 0 bridgehead atoms. The van der Waals surface area contributed by atoms with Crippen LogP contribution < -0.4 is 20.1 Å². The Morgan fingerprint density at radius 2 is 1.94 bits per heavy atom.